The van der Waals surface area contributed by atoms with Crippen LogP contribution >= 0.6 is 15.9 Å². The number of aryl methyl sites for hydroxylation is 2. The summed E-state index contributed by atoms with van der Waals surface area (Å²) in [4.78, 5) is 13.3. The van der Waals surface area contributed by atoms with Crippen molar-refractivity contribution in [3.8, 4) is 11.4 Å². The zero-order valence-electron chi connectivity index (χ0n) is 10.7. The summed E-state index contributed by atoms with van der Waals surface area (Å²) in [7, 11) is 1.85. The minimum atomic E-state index is 0.713. The fourth-order valence-electron chi connectivity index (χ4n) is 1.71. The lowest BCUT2D eigenvalue weighted by molar-refractivity contribution is 0.988. The largest absolute Gasteiger partial charge is 0.372 e. The van der Waals surface area contributed by atoms with Crippen molar-refractivity contribution in [1.29, 1.82) is 0 Å². The van der Waals surface area contributed by atoms with Gasteiger partial charge in [0, 0.05) is 25.0 Å². The Balaban J connectivity index is 2.62. The smallest absolute Gasteiger partial charge is 0.163 e. The summed E-state index contributed by atoms with van der Waals surface area (Å²) in [6.45, 7) is 4.11. The van der Waals surface area contributed by atoms with Gasteiger partial charge in [-0.2, -0.15) is 0 Å². The van der Waals surface area contributed by atoms with Crippen LogP contribution in [0.1, 0.15) is 18.2 Å². The van der Waals surface area contributed by atoms with E-state index >= 15 is 0 Å². The highest BCUT2D eigenvalue weighted by Crippen LogP contribution is 2.28. The summed E-state index contributed by atoms with van der Waals surface area (Å²) in [5.41, 5.74) is 3.08. The molecule has 1 N–H and O–H groups in total. The topological polar surface area (TPSA) is 50.7 Å². The van der Waals surface area contributed by atoms with Gasteiger partial charge < -0.3 is 5.32 Å². The maximum Gasteiger partial charge on any atom is 0.163 e. The Morgan fingerprint density at radius 2 is 2.11 bits per heavy atom. The normalized spacial score (nSPS) is 10.4. The molecule has 18 heavy (non-hydrogen) atoms. The van der Waals surface area contributed by atoms with E-state index in [1.54, 1.807) is 12.4 Å². The monoisotopic (exact) mass is 306 g/mol. The van der Waals surface area contributed by atoms with Crippen LogP contribution in [0, 0.1) is 6.92 Å². The molecule has 0 saturated carbocycles. The summed E-state index contributed by atoms with van der Waals surface area (Å²) < 4.78 is 0.929. The van der Waals surface area contributed by atoms with Crippen LogP contribution in [0.15, 0.2) is 22.9 Å². The zero-order valence-corrected chi connectivity index (χ0v) is 12.2. The third-order valence-electron chi connectivity index (χ3n) is 2.77. The summed E-state index contributed by atoms with van der Waals surface area (Å²) >= 11 is 3.52. The van der Waals surface area contributed by atoms with Gasteiger partial charge >= 0.3 is 0 Å². The molecule has 0 aromatic carbocycles. The predicted octanol–water partition coefficient (Wildman–Crippen LogP) is 3.21. The minimum absolute atomic E-state index is 0.713. The predicted molar refractivity (Wildman–Crippen MR) is 76.6 cm³/mol. The van der Waals surface area contributed by atoms with Gasteiger partial charge in [0.15, 0.2) is 5.82 Å². The quantitative estimate of drug-likeness (QED) is 0.946. The van der Waals surface area contributed by atoms with Crippen LogP contribution in [0.5, 0.6) is 0 Å². The number of aromatic nitrogens is 3. The van der Waals surface area contributed by atoms with Crippen LogP contribution in [-0.2, 0) is 6.42 Å². The number of pyridine rings is 1. The van der Waals surface area contributed by atoms with Crippen LogP contribution in [-0.4, -0.2) is 22.0 Å². The molecule has 0 bridgehead atoms. The van der Waals surface area contributed by atoms with Crippen molar-refractivity contribution in [2.24, 2.45) is 0 Å². The molecule has 5 heteroatoms. The van der Waals surface area contributed by atoms with Gasteiger partial charge in [0.25, 0.3) is 0 Å². The highest BCUT2D eigenvalue weighted by atomic mass is 79.9. The van der Waals surface area contributed by atoms with Gasteiger partial charge in [0.2, 0.25) is 0 Å². The van der Waals surface area contributed by atoms with Gasteiger partial charge in [-0.15, -0.1) is 0 Å². The first-order chi connectivity index (χ1) is 8.67. The second-order valence-electron chi connectivity index (χ2n) is 3.95. The van der Waals surface area contributed by atoms with Crippen molar-refractivity contribution < 1.29 is 0 Å². The van der Waals surface area contributed by atoms with E-state index in [9.17, 15) is 0 Å². The first kappa shape index (κ1) is 13.0. The molecular weight excluding hydrogens is 292 g/mol. The van der Waals surface area contributed by atoms with Gasteiger partial charge in [0.05, 0.1) is 10.2 Å². The lowest BCUT2D eigenvalue weighted by atomic mass is 10.1. The average molecular weight is 307 g/mol. The van der Waals surface area contributed by atoms with Crippen LogP contribution in [0.25, 0.3) is 11.4 Å². The van der Waals surface area contributed by atoms with Crippen LogP contribution in [0.3, 0.4) is 0 Å². The zero-order chi connectivity index (χ0) is 13.1. The Labute approximate surface area is 115 Å². The fourth-order valence-corrected chi connectivity index (χ4v) is 2.37. The molecule has 0 aliphatic heterocycles. The van der Waals surface area contributed by atoms with Crippen molar-refractivity contribution >= 4 is 21.7 Å². The maximum atomic E-state index is 4.59. The lowest BCUT2D eigenvalue weighted by Gasteiger charge is -2.11. The van der Waals surface area contributed by atoms with Gasteiger partial charge in [-0.3, -0.25) is 4.98 Å². The number of nitrogens with one attached hydrogen (secondary N) is 1. The van der Waals surface area contributed by atoms with Gasteiger partial charge in [-0.25, -0.2) is 9.97 Å². The minimum Gasteiger partial charge on any atom is -0.372 e. The molecular formula is C13H15BrN4. The van der Waals surface area contributed by atoms with E-state index in [1.807, 2.05) is 20.0 Å². The number of halogens is 1. The first-order valence-electron chi connectivity index (χ1n) is 5.82. The molecule has 4 nitrogen and oxygen atoms in total. The van der Waals surface area contributed by atoms with Gasteiger partial charge in [-0.1, -0.05) is 6.92 Å². The first-order valence-corrected chi connectivity index (χ1v) is 6.61. The SMILES string of the molecule is CCc1nc(-c2cnccc2C)nc(NC)c1Br. The van der Waals surface area contributed by atoms with E-state index in [-0.39, 0.29) is 0 Å². The summed E-state index contributed by atoms with van der Waals surface area (Å²) in [5.74, 6) is 1.52. The molecule has 0 unspecified atom stereocenters. The summed E-state index contributed by atoms with van der Waals surface area (Å²) in [5, 5.41) is 3.08. The van der Waals surface area contributed by atoms with Crippen molar-refractivity contribution in [3.63, 3.8) is 0 Å². The molecule has 0 aliphatic rings. The van der Waals surface area contributed by atoms with E-state index in [1.165, 1.54) is 0 Å². The third kappa shape index (κ3) is 2.36. The Bertz CT molecular complexity index is 544. The Kier molecular flexibility index (Phi) is 3.91. The van der Waals surface area contributed by atoms with E-state index in [0.29, 0.717) is 5.82 Å². The second-order valence-corrected chi connectivity index (χ2v) is 4.74. The summed E-state index contributed by atoms with van der Waals surface area (Å²) in [6, 6.07) is 1.96. The molecule has 2 aromatic heterocycles. The number of hydrogen-bond donors (Lipinski definition) is 1. The molecule has 0 fully saturated rings. The molecule has 0 saturated heterocycles. The number of hydrogen-bond acceptors (Lipinski definition) is 4. The van der Waals surface area contributed by atoms with Crippen molar-refractivity contribution in [1.82, 2.24) is 15.0 Å². The molecule has 0 atom stereocenters. The maximum absolute atomic E-state index is 4.59. The Morgan fingerprint density at radius 1 is 1.33 bits per heavy atom. The highest BCUT2D eigenvalue weighted by molar-refractivity contribution is 9.10. The van der Waals surface area contributed by atoms with Crippen molar-refractivity contribution in [3.05, 3.63) is 34.2 Å². The molecule has 2 rings (SSSR count). The lowest BCUT2D eigenvalue weighted by Crippen LogP contribution is -2.03. The molecule has 0 radical (unpaired) electrons. The van der Waals surface area contributed by atoms with Crippen LogP contribution in [0.2, 0.25) is 0 Å². The number of rotatable bonds is 3. The number of nitrogens with zero attached hydrogens (tertiary/aromatic N) is 3. The van der Waals surface area contributed by atoms with Crippen LogP contribution in [0.4, 0.5) is 5.82 Å². The standard InChI is InChI=1S/C13H15BrN4/c1-4-10-11(14)13(15-3)18-12(17-10)9-7-16-6-5-8(9)2/h5-7H,4H2,1-3H3,(H,15,17,18). The van der Waals surface area contributed by atoms with E-state index in [0.717, 1.165) is 33.5 Å². The number of anilines is 1. The van der Waals surface area contributed by atoms with E-state index < -0.39 is 0 Å². The Morgan fingerprint density at radius 3 is 2.72 bits per heavy atom. The Hall–Kier alpha value is -1.49. The molecule has 0 amide bonds. The van der Waals surface area contributed by atoms with Crippen molar-refractivity contribution in [2.75, 3.05) is 12.4 Å². The van der Waals surface area contributed by atoms with Crippen LogP contribution < -0.4 is 5.32 Å². The molecule has 0 aliphatic carbocycles. The molecule has 2 aromatic rings. The van der Waals surface area contributed by atoms with Crippen molar-refractivity contribution in [2.45, 2.75) is 20.3 Å². The second kappa shape index (κ2) is 5.44. The summed E-state index contributed by atoms with van der Waals surface area (Å²) in [6.07, 6.45) is 4.43. The van der Waals surface area contributed by atoms with Gasteiger partial charge in [0.1, 0.15) is 5.82 Å². The third-order valence-corrected chi connectivity index (χ3v) is 3.60. The molecule has 94 valence electrons. The fraction of sp³-hybridized carbons (Fsp3) is 0.308. The molecule has 2 heterocycles. The van der Waals surface area contributed by atoms with E-state index in [4.69, 9.17) is 0 Å². The van der Waals surface area contributed by atoms with Gasteiger partial charge in [-0.05, 0) is 40.9 Å². The highest BCUT2D eigenvalue weighted by Gasteiger charge is 2.12. The molecule has 0 spiro atoms. The average Bonchev–Trinajstić information content (AvgIpc) is 2.40. The van der Waals surface area contributed by atoms with E-state index in [2.05, 4.69) is 43.1 Å².